The molecule has 1 aliphatic heterocycles. The zero-order valence-corrected chi connectivity index (χ0v) is 11.5. The lowest BCUT2D eigenvalue weighted by Gasteiger charge is -2.34. The van der Waals surface area contributed by atoms with E-state index in [1.807, 2.05) is 0 Å². The van der Waals surface area contributed by atoms with Gasteiger partial charge in [0, 0.05) is 12.8 Å². The van der Waals surface area contributed by atoms with Gasteiger partial charge in [-0.15, -0.1) is 0 Å². The third-order valence-electron chi connectivity index (χ3n) is 2.87. The summed E-state index contributed by atoms with van der Waals surface area (Å²) in [7, 11) is 1.33. The van der Waals surface area contributed by atoms with E-state index in [9.17, 15) is 9.59 Å². The number of rotatable bonds is 2. The molecule has 1 fully saturated rings. The highest BCUT2D eigenvalue weighted by Gasteiger charge is 2.44. The number of esters is 1. The molecule has 6 heteroatoms. The number of hydrogen-bond donors (Lipinski definition) is 2. The van der Waals surface area contributed by atoms with Crippen LogP contribution in [-0.4, -0.2) is 43.4 Å². The third kappa shape index (κ3) is 3.87. The molecule has 18 heavy (non-hydrogen) atoms. The lowest BCUT2D eigenvalue weighted by molar-refractivity contribution is -0.664. The molecule has 0 aromatic carbocycles. The van der Waals surface area contributed by atoms with Crippen molar-refractivity contribution in [2.75, 3.05) is 20.2 Å². The molecule has 1 saturated heterocycles. The van der Waals surface area contributed by atoms with Gasteiger partial charge >= 0.3 is 12.1 Å². The summed E-state index contributed by atoms with van der Waals surface area (Å²) in [6, 6.07) is 0. The van der Waals surface area contributed by atoms with E-state index in [2.05, 4.69) is 10.6 Å². The van der Waals surface area contributed by atoms with Gasteiger partial charge in [0.25, 0.3) is 0 Å². The van der Waals surface area contributed by atoms with E-state index < -0.39 is 23.2 Å². The molecule has 1 aliphatic rings. The first-order chi connectivity index (χ1) is 8.29. The summed E-state index contributed by atoms with van der Waals surface area (Å²) in [4.78, 5) is 23.7. The Bertz CT molecular complexity index is 317. The van der Waals surface area contributed by atoms with Crippen molar-refractivity contribution in [2.45, 2.75) is 44.8 Å². The van der Waals surface area contributed by atoms with Crippen molar-refractivity contribution in [3.63, 3.8) is 0 Å². The molecular weight excluding hydrogens is 236 g/mol. The van der Waals surface area contributed by atoms with Crippen molar-refractivity contribution in [3.8, 4) is 0 Å². The van der Waals surface area contributed by atoms with Crippen LogP contribution >= 0.6 is 0 Å². The maximum absolute atomic E-state index is 11.9. The SMILES string of the molecule is COC(=O)C1(NC(=O)OC(C)(C)C)CC[NH2+]CC1. The first kappa shape index (κ1) is 14.8. The molecule has 104 valence electrons. The Morgan fingerprint density at radius 1 is 1.22 bits per heavy atom. The zero-order valence-electron chi connectivity index (χ0n) is 11.5. The Balaban J connectivity index is 2.73. The average Bonchev–Trinajstić information content (AvgIpc) is 2.26. The molecule has 6 nitrogen and oxygen atoms in total. The molecule has 0 unspecified atom stereocenters. The normalized spacial score (nSPS) is 18.9. The van der Waals surface area contributed by atoms with Crippen LogP contribution in [0.15, 0.2) is 0 Å². The molecule has 1 heterocycles. The highest BCUT2D eigenvalue weighted by molar-refractivity contribution is 5.85. The van der Waals surface area contributed by atoms with Gasteiger partial charge < -0.3 is 20.1 Å². The number of piperidine rings is 1. The van der Waals surface area contributed by atoms with E-state index >= 15 is 0 Å². The summed E-state index contributed by atoms with van der Waals surface area (Å²) in [6.07, 6.45) is 0.535. The second-order valence-corrected chi connectivity index (χ2v) is 5.57. The zero-order chi connectivity index (χ0) is 13.8. The summed E-state index contributed by atoms with van der Waals surface area (Å²) in [5.74, 6) is -0.401. The Morgan fingerprint density at radius 3 is 2.22 bits per heavy atom. The third-order valence-corrected chi connectivity index (χ3v) is 2.87. The van der Waals surface area contributed by atoms with Crippen molar-refractivity contribution in [2.24, 2.45) is 0 Å². The predicted molar refractivity (Wildman–Crippen MR) is 65.0 cm³/mol. The van der Waals surface area contributed by atoms with Crippen LogP contribution in [0.5, 0.6) is 0 Å². The quantitative estimate of drug-likeness (QED) is 0.672. The van der Waals surface area contributed by atoms with Gasteiger partial charge in [-0.3, -0.25) is 0 Å². The van der Waals surface area contributed by atoms with E-state index in [4.69, 9.17) is 9.47 Å². The highest BCUT2D eigenvalue weighted by Crippen LogP contribution is 2.19. The molecule has 0 spiro atoms. The Kier molecular flexibility index (Phi) is 4.56. The molecule has 1 rings (SSSR count). The number of carbonyl (C=O) groups excluding carboxylic acids is 2. The van der Waals surface area contributed by atoms with Gasteiger partial charge in [-0.25, -0.2) is 9.59 Å². The molecule has 1 amide bonds. The van der Waals surface area contributed by atoms with Gasteiger partial charge in [-0.1, -0.05) is 0 Å². The summed E-state index contributed by atoms with van der Waals surface area (Å²) in [5.41, 5.74) is -1.52. The van der Waals surface area contributed by atoms with Crippen LogP contribution < -0.4 is 10.6 Å². The fourth-order valence-corrected chi connectivity index (χ4v) is 2.04. The number of nitrogens with two attached hydrogens (primary N) is 1. The van der Waals surface area contributed by atoms with E-state index in [0.717, 1.165) is 13.1 Å². The van der Waals surface area contributed by atoms with Crippen LogP contribution in [0.1, 0.15) is 33.6 Å². The van der Waals surface area contributed by atoms with Crippen molar-refractivity contribution in [3.05, 3.63) is 0 Å². The monoisotopic (exact) mass is 259 g/mol. The molecule has 0 aromatic rings. The molecule has 0 atom stereocenters. The van der Waals surface area contributed by atoms with Crippen LogP contribution in [0, 0.1) is 0 Å². The van der Waals surface area contributed by atoms with Gasteiger partial charge in [0.2, 0.25) is 0 Å². The molecule has 3 N–H and O–H groups in total. The molecule has 0 aliphatic carbocycles. The maximum Gasteiger partial charge on any atom is 0.408 e. The lowest BCUT2D eigenvalue weighted by Crippen LogP contribution is -2.89. The number of alkyl carbamates (subject to hydrolysis) is 1. The van der Waals surface area contributed by atoms with Crippen LogP contribution in [-0.2, 0) is 14.3 Å². The summed E-state index contributed by atoms with van der Waals surface area (Å²) in [6.45, 7) is 6.92. The van der Waals surface area contributed by atoms with E-state index in [1.54, 1.807) is 20.8 Å². The minimum atomic E-state index is -0.939. The van der Waals surface area contributed by atoms with Gasteiger partial charge in [0.05, 0.1) is 20.2 Å². The summed E-state index contributed by atoms with van der Waals surface area (Å²) >= 11 is 0. The van der Waals surface area contributed by atoms with Crippen LogP contribution in [0.2, 0.25) is 0 Å². The number of amides is 1. The first-order valence-electron chi connectivity index (χ1n) is 6.20. The van der Waals surface area contributed by atoms with Crippen molar-refractivity contribution < 1.29 is 24.4 Å². The minimum Gasteiger partial charge on any atom is -0.467 e. The summed E-state index contributed by atoms with van der Waals surface area (Å²) < 4.78 is 9.99. The number of nitrogens with one attached hydrogen (secondary N) is 1. The molecule has 0 aromatic heterocycles. The van der Waals surface area contributed by atoms with Gasteiger partial charge in [-0.2, -0.15) is 0 Å². The van der Waals surface area contributed by atoms with Crippen molar-refractivity contribution in [1.29, 1.82) is 0 Å². The van der Waals surface area contributed by atoms with Crippen LogP contribution in [0.3, 0.4) is 0 Å². The standard InChI is InChI=1S/C12H22N2O4/c1-11(2,3)18-10(16)14-12(9(15)17-4)5-7-13-8-6-12/h13H,5-8H2,1-4H3,(H,14,16)/p+1. The fourth-order valence-electron chi connectivity index (χ4n) is 2.04. The topological polar surface area (TPSA) is 81.2 Å². The fraction of sp³-hybridized carbons (Fsp3) is 0.833. The number of ether oxygens (including phenoxy) is 2. The van der Waals surface area contributed by atoms with Crippen LogP contribution in [0.4, 0.5) is 4.79 Å². The predicted octanol–water partition coefficient (Wildman–Crippen LogP) is -0.220. The second-order valence-electron chi connectivity index (χ2n) is 5.57. The molecule has 0 radical (unpaired) electrons. The molecule has 0 saturated carbocycles. The van der Waals surface area contributed by atoms with Crippen LogP contribution in [0.25, 0.3) is 0 Å². The van der Waals surface area contributed by atoms with Gasteiger partial charge in [0.1, 0.15) is 5.60 Å². The van der Waals surface area contributed by atoms with Crippen molar-refractivity contribution >= 4 is 12.1 Å². The number of hydrogen-bond acceptors (Lipinski definition) is 4. The Labute approximate surface area is 107 Å². The first-order valence-corrected chi connectivity index (χ1v) is 6.20. The van der Waals surface area contributed by atoms with E-state index in [1.165, 1.54) is 7.11 Å². The van der Waals surface area contributed by atoms with Gasteiger partial charge in [0.15, 0.2) is 5.54 Å². The molecular formula is C12H23N2O4+. The number of carbonyl (C=O) groups is 2. The lowest BCUT2D eigenvalue weighted by atomic mass is 9.88. The van der Waals surface area contributed by atoms with E-state index in [0.29, 0.717) is 12.8 Å². The average molecular weight is 259 g/mol. The largest absolute Gasteiger partial charge is 0.467 e. The Hall–Kier alpha value is -1.30. The summed E-state index contributed by atoms with van der Waals surface area (Å²) in [5, 5.41) is 4.79. The highest BCUT2D eigenvalue weighted by atomic mass is 16.6. The van der Waals surface area contributed by atoms with Crippen molar-refractivity contribution in [1.82, 2.24) is 5.32 Å². The number of methoxy groups -OCH3 is 1. The smallest absolute Gasteiger partial charge is 0.408 e. The number of quaternary nitrogens is 1. The Morgan fingerprint density at radius 2 is 1.78 bits per heavy atom. The van der Waals surface area contributed by atoms with E-state index in [-0.39, 0.29) is 0 Å². The van der Waals surface area contributed by atoms with Gasteiger partial charge in [-0.05, 0) is 20.8 Å². The minimum absolute atomic E-state index is 0.401. The molecule has 0 bridgehead atoms. The second kappa shape index (κ2) is 5.56. The maximum atomic E-state index is 11.9.